The molecule has 0 spiro atoms. The molecule has 1 atom stereocenters. The van der Waals surface area contributed by atoms with Gasteiger partial charge < -0.3 is 10.6 Å². The normalized spacial score (nSPS) is 12.9. The number of hydrogen-bond donors (Lipinski definition) is 2. The Kier molecular flexibility index (Phi) is 5.27. The van der Waals surface area contributed by atoms with Crippen molar-refractivity contribution < 1.29 is 4.79 Å². The van der Waals surface area contributed by atoms with Gasteiger partial charge in [0.05, 0.1) is 12.4 Å². The van der Waals surface area contributed by atoms with E-state index in [4.69, 9.17) is 0 Å². The van der Waals surface area contributed by atoms with Gasteiger partial charge in [-0.1, -0.05) is 27.7 Å². The van der Waals surface area contributed by atoms with Gasteiger partial charge in [0.25, 0.3) is 5.91 Å². The minimum Gasteiger partial charge on any atom is -0.369 e. The van der Waals surface area contributed by atoms with Gasteiger partial charge in [-0.2, -0.15) is 0 Å². The van der Waals surface area contributed by atoms with E-state index in [1.54, 1.807) is 6.20 Å². The molecule has 0 fully saturated rings. The minimum atomic E-state index is -0.183. The smallest absolute Gasteiger partial charge is 0.271 e. The number of nitrogens with zero attached hydrogens (tertiary/aromatic N) is 2. The molecule has 19 heavy (non-hydrogen) atoms. The van der Waals surface area contributed by atoms with E-state index in [1.165, 1.54) is 6.20 Å². The van der Waals surface area contributed by atoms with Crippen LogP contribution in [0.4, 0.5) is 5.82 Å². The van der Waals surface area contributed by atoms with Crippen LogP contribution >= 0.6 is 0 Å². The third kappa shape index (κ3) is 4.85. The number of nitrogens with one attached hydrogen (secondary N) is 2. The van der Waals surface area contributed by atoms with Crippen molar-refractivity contribution in [2.24, 2.45) is 5.41 Å². The number of anilines is 1. The Morgan fingerprint density at radius 3 is 2.47 bits per heavy atom. The Morgan fingerprint density at radius 2 is 2.00 bits per heavy atom. The molecular weight excluding hydrogens is 240 g/mol. The topological polar surface area (TPSA) is 66.9 Å². The molecule has 5 nitrogen and oxygen atoms in total. The predicted octanol–water partition coefficient (Wildman–Crippen LogP) is 2.46. The van der Waals surface area contributed by atoms with Crippen molar-refractivity contribution >= 4 is 11.7 Å². The number of carbonyl (C=O) groups is 1. The van der Waals surface area contributed by atoms with Crippen LogP contribution in [-0.4, -0.2) is 28.5 Å². The van der Waals surface area contributed by atoms with Crippen LogP contribution in [0.1, 0.15) is 51.5 Å². The van der Waals surface area contributed by atoms with Gasteiger partial charge in [-0.3, -0.25) is 4.79 Å². The molecule has 0 saturated carbocycles. The standard InChI is InChI=1S/C14H24N4O/c1-6-7-15-12-9-16-11(8-17-12)13(19)18-10(2)14(3,4)5/h8-10H,6-7H2,1-5H3,(H,15,17)(H,18,19). The molecule has 1 unspecified atom stereocenters. The molecule has 0 aromatic carbocycles. The van der Waals surface area contributed by atoms with Crippen LogP contribution in [0.2, 0.25) is 0 Å². The zero-order valence-corrected chi connectivity index (χ0v) is 12.4. The van der Waals surface area contributed by atoms with Crippen molar-refractivity contribution in [3.63, 3.8) is 0 Å². The first-order valence-corrected chi connectivity index (χ1v) is 6.71. The first-order valence-electron chi connectivity index (χ1n) is 6.71. The molecule has 1 heterocycles. The second-order valence-corrected chi connectivity index (χ2v) is 5.77. The number of hydrogen-bond acceptors (Lipinski definition) is 4. The molecule has 1 rings (SSSR count). The maximum absolute atomic E-state index is 12.0. The minimum absolute atomic E-state index is 0.0196. The molecule has 5 heteroatoms. The predicted molar refractivity (Wildman–Crippen MR) is 77.2 cm³/mol. The summed E-state index contributed by atoms with van der Waals surface area (Å²) in [7, 11) is 0. The van der Waals surface area contributed by atoms with Gasteiger partial charge in [0, 0.05) is 12.6 Å². The molecule has 1 aromatic rings. The van der Waals surface area contributed by atoms with E-state index >= 15 is 0 Å². The lowest BCUT2D eigenvalue weighted by molar-refractivity contribution is 0.0904. The van der Waals surface area contributed by atoms with Crippen LogP contribution in [-0.2, 0) is 0 Å². The molecule has 0 radical (unpaired) electrons. The fraction of sp³-hybridized carbons (Fsp3) is 0.643. The summed E-state index contributed by atoms with van der Waals surface area (Å²) in [4.78, 5) is 20.3. The largest absolute Gasteiger partial charge is 0.369 e. The lowest BCUT2D eigenvalue weighted by atomic mass is 9.88. The van der Waals surface area contributed by atoms with Crippen molar-refractivity contribution in [2.45, 2.75) is 47.1 Å². The summed E-state index contributed by atoms with van der Waals surface area (Å²) in [5, 5.41) is 6.06. The third-order valence-electron chi connectivity index (χ3n) is 3.09. The van der Waals surface area contributed by atoms with Gasteiger partial charge in [-0.05, 0) is 18.8 Å². The second-order valence-electron chi connectivity index (χ2n) is 5.77. The van der Waals surface area contributed by atoms with E-state index in [0.717, 1.165) is 13.0 Å². The molecule has 1 aromatic heterocycles. The molecule has 0 aliphatic heterocycles. The van der Waals surface area contributed by atoms with Gasteiger partial charge in [-0.25, -0.2) is 9.97 Å². The maximum Gasteiger partial charge on any atom is 0.271 e. The van der Waals surface area contributed by atoms with Crippen molar-refractivity contribution in [1.29, 1.82) is 0 Å². The fourth-order valence-electron chi connectivity index (χ4n) is 1.28. The maximum atomic E-state index is 12.0. The Balaban J connectivity index is 2.63. The van der Waals surface area contributed by atoms with Crippen LogP contribution < -0.4 is 10.6 Å². The number of amides is 1. The zero-order valence-electron chi connectivity index (χ0n) is 12.4. The van der Waals surface area contributed by atoms with Gasteiger partial charge in [0.1, 0.15) is 11.5 Å². The molecule has 0 saturated heterocycles. The lowest BCUT2D eigenvalue weighted by Crippen LogP contribution is -2.41. The molecule has 2 N–H and O–H groups in total. The van der Waals surface area contributed by atoms with Gasteiger partial charge in [0.2, 0.25) is 0 Å². The highest BCUT2D eigenvalue weighted by molar-refractivity contribution is 5.92. The van der Waals surface area contributed by atoms with Gasteiger partial charge in [-0.15, -0.1) is 0 Å². The van der Waals surface area contributed by atoms with Crippen LogP contribution in [0.15, 0.2) is 12.4 Å². The SMILES string of the molecule is CCCNc1cnc(C(=O)NC(C)C(C)(C)C)cn1. The van der Waals surface area contributed by atoms with E-state index in [0.29, 0.717) is 11.5 Å². The molecule has 1 amide bonds. The molecule has 0 aliphatic carbocycles. The highest BCUT2D eigenvalue weighted by atomic mass is 16.1. The average Bonchev–Trinajstić information content (AvgIpc) is 2.35. The molecule has 0 bridgehead atoms. The van der Waals surface area contributed by atoms with Crippen molar-refractivity contribution in [2.75, 3.05) is 11.9 Å². The Hall–Kier alpha value is -1.65. The van der Waals surface area contributed by atoms with Crippen molar-refractivity contribution in [1.82, 2.24) is 15.3 Å². The van der Waals surface area contributed by atoms with Gasteiger partial charge >= 0.3 is 0 Å². The zero-order chi connectivity index (χ0) is 14.5. The van der Waals surface area contributed by atoms with Crippen LogP contribution in [0.25, 0.3) is 0 Å². The summed E-state index contributed by atoms with van der Waals surface area (Å²) in [5.41, 5.74) is 0.365. The van der Waals surface area contributed by atoms with Crippen LogP contribution in [0, 0.1) is 5.41 Å². The van der Waals surface area contributed by atoms with Crippen LogP contribution in [0.3, 0.4) is 0 Å². The van der Waals surface area contributed by atoms with Crippen LogP contribution in [0.5, 0.6) is 0 Å². The fourth-order valence-corrected chi connectivity index (χ4v) is 1.28. The summed E-state index contributed by atoms with van der Waals surface area (Å²) in [6.07, 6.45) is 4.11. The quantitative estimate of drug-likeness (QED) is 0.857. The van der Waals surface area contributed by atoms with E-state index in [9.17, 15) is 4.79 Å². The summed E-state index contributed by atoms with van der Waals surface area (Å²) in [6, 6.07) is 0.0692. The summed E-state index contributed by atoms with van der Waals surface area (Å²) < 4.78 is 0. The Labute approximate surface area is 115 Å². The monoisotopic (exact) mass is 264 g/mol. The van der Waals surface area contributed by atoms with Crippen molar-refractivity contribution in [3.05, 3.63) is 18.1 Å². The average molecular weight is 264 g/mol. The number of aromatic nitrogens is 2. The first-order chi connectivity index (χ1) is 8.84. The number of carbonyl (C=O) groups excluding carboxylic acids is 1. The summed E-state index contributed by atoms with van der Waals surface area (Å²) in [6.45, 7) is 11.2. The number of rotatable bonds is 5. The molecule has 0 aliphatic rings. The first kappa shape index (κ1) is 15.4. The molecule has 106 valence electrons. The summed E-state index contributed by atoms with van der Waals surface area (Å²) in [5.74, 6) is 0.513. The highest BCUT2D eigenvalue weighted by Gasteiger charge is 2.22. The van der Waals surface area contributed by atoms with Crippen molar-refractivity contribution in [3.8, 4) is 0 Å². The van der Waals surface area contributed by atoms with E-state index < -0.39 is 0 Å². The highest BCUT2D eigenvalue weighted by Crippen LogP contribution is 2.18. The lowest BCUT2D eigenvalue weighted by Gasteiger charge is -2.27. The summed E-state index contributed by atoms with van der Waals surface area (Å²) >= 11 is 0. The molecular formula is C14H24N4O. The van der Waals surface area contributed by atoms with E-state index in [2.05, 4.69) is 48.3 Å². The van der Waals surface area contributed by atoms with Gasteiger partial charge in [0.15, 0.2) is 0 Å². The van der Waals surface area contributed by atoms with E-state index in [-0.39, 0.29) is 17.4 Å². The Bertz CT molecular complexity index is 408. The van der Waals surface area contributed by atoms with E-state index in [1.807, 2.05) is 6.92 Å². The third-order valence-corrected chi connectivity index (χ3v) is 3.09. The second kappa shape index (κ2) is 6.50. The Morgan fingerprint density at radius 1 is 1.32 bits per heavy atom.